The molecular formula is C17H18BrClN4O. The van der Waals surface area contributed by atoms with Crippen molar-refractivity contribution in [2.75, 3.05) is 18.0 Å². The molecule has 1 N–H and O–H groups in total. The molecule has 0 aliphatic carbocycles. The lowest BCUT2D eigenvalue weighted by Gasteiger charge is -2.29. The first-order valence-corrected chi connectivity index (χ1v) is 9.10. The minimum absolute atomic E-state index is 0.193. The third-order valence-electron chi connectivity index (χ3n) is 4.01. The number of anilines is 1. The van der Waals surface area contributed by atoms with Crippen LogP contribution in [0, 0.1) is 0 Å². The quantitative estimate of drug-likeness (QED) is 0.780. The number of rotatable bonds is 4. The highest BCUT2D eigenvalue weighted by molar-refractivity contribution is 9.10. The van der Waals surface area contributed by atoms with Crippen LogP contribution in [0.25, 0.3) is 0 Å². The number of pyridine rings is 2. The van der Waals surface area contributed by atoms with Gasteiger partial charge in [0.05, 0.1) is 5.56 Å². The average Bonchev–Trinajstić information content (AvgIpc) is 2.62. The molecule has 2 aromatic rings. The van der Waals surface area contributed by atoms with Gasteiger partial charge in [0.25, 0.3) is 5.91 Å². The molecule has 3 rings (SSSR count). The van der Waals surface area contributed by atoms with Crippen molar-refractivity contribution in [3.8, 4) is 0 Å². The highest BCUT2D eigenvalue weighted by atomic mass is 79.9. The molecule has 1 saturated heterocycles. The van der Waals surface area contributed by atoms with Crippen molar-refractivity contribution >= 4 is 39.3 Å². The standard InChI is InChI=1S/C17H18BrClN4O/c18-13-9-14(15(19)21-11-13)17(24)22-10-12-5-4-6-20-16(12)23-7-2-1-3-8-23/h4-6,9,11H,1-3,7-8,10H2,(H,22,24). The van der Waals surface area contributed by atoms with E-state index in [4.69, 9.17) is 11.6 Å². The van der Waals surface area contributed by atoms with E-state index < -0.39 is 0 Å². The lowest BCUT2D eigenvalue weighted by Crippen LogP contribution is -2.32. The van der Waals surface area contributed by atoms with Crippen LogP contribution in [-0.2, 0) is 6.54 Å². The summed E-state index contributed by atoms with van der Waals surface area (Å²) >= 11 is 9.32. The number of amides is 1. The van der Waals surface area contributed by atoms with Gasteiger partial charge in [0.15, 0.2) is 0 Å². The number of hydrogen-bond acceptors (Lipinski definition) is 4. The fourth-order valence-electron chi connectivity index (χ4n) is 2.81. The zero-order valence-electron chi connectivity index (χ0n) is 13.1. The Balaban J connectivity index is 1.72. The maximum atomic E-state index is 12.4. The van der Waals surface area contributed by atoms with Gasteiger partial charge in [-0.3, -0.25) is 4.79 Å². The molecule has 0 saturated carbocycles. The van der Waals surface area contributed by atoms with Crippen LogP contribution < -0.4 is 10.2 Å². The van der Waals surface area contributed by atoms with Gasteiger partial charge in [-0.2, -0.15) is 0 Å². The molecule has 0 radical (unpaired) electrons. The van der Waals surface area contributed by atoms with Gasteiger partial charge in [-0.1, -0.05) is 17.7 Å². The van der Waals surface area contributed by atoms with Gasteiger partial charge in [-0.15, -0.1) is 0 Å². The molecule has 1 aliphatic heterocycles. The highest BCUT2D eigenvalue weighted by Crippen LogP contribution is 2.22. The normalized spacial score (nSPS) is 14.5. The SMILES string of the molecule is O=C(NCc1cccnc1N1CCCCC1)c1cc(Br)cnc1Cl. The zero-order valence-corrected chi connectivity index (χ0v) is 15.5. The Morgan fingerprint density at radius 1 is 1.29 bits per heavy atom. The Kier molecular flexibility index (Phi) is 5.68. The van der Waals surface area contributed by atoms with Gasteiger partial charge >= 0.3 is 0 Å². The van der Waals surface area contributed by atoms with Gasteiger partial charge in [-0.25, -0.2) is 9.97 Å². The molecule has 0 unspecified atom stereocenters. The molecule has 5 nitrogen and oxygen atoms in total. The van der Waals surface area contributed by atoms with Crippen molar-refractivity contribution in [1.82, 2.24) is 15.3 Å². The van der Waals surface area contributed by atoms with Crippen LogP contribution in [0.15, 0.2) is 35.1 Å². The van der Waals surface area contributed by atoms with Crippen molar-refractivity contribution in [2.45, 2.75) is 25.8 Å². The average molecular weight is 410 g/mol. The summed E-state index contributed by atoms with van der Waals surface area (Å²) in [6, 6.07) is 5.56. The first-order chi connectivity index (χ1) is 11.6. The fraction of sp³-hybridized carbons (Fsp3) is 0.353. The number of aromatic nitrogens is 2. The van der Waals surface area contributed by atoms with Gasteiger partial charge in [0, 0.05) is 42.1 Å². The molecule has 1 amide bonds. The number of carbonyl (C=O) groups excluding carboxylic acids is 1. The van der Waals surface area contributed by atoms with Crippen LogP contribution in [-0.4, -0.2) is 29.0 Å². The third kappa shape index (κ3) is 4.05. The molecule has 0 bridgehead atoms. The Hall–Kier alpha value is -1.66. The number of hydrogen-bond donors (Lipinski definition) is 1. The summed E-state index contributed by atoms with van der Waals surface area (Å²) in [5, 5.41) is 3.10. The second-order valence-corrected chi connectivity index (χ2v) is 6.98. The minimum Gasteiger partial charge on any atom is -0.356 e. The zero-order chi connectivity index (χ0) is 16.9. The second kappa shape index (κ2) is 7.94. The number of carbonyl (C=O) groups is 1. The molecule has 0 spiro atoms. The number of halogens is 2. The van der Waals surface area contributed by atoms with Crippen molar-refractivity contribution in [3.63, 3.8) is 0 Å². The lowest BCUT2D eigenvalue weighted by molar-refractivity contribution is 0.0950. The van der Waals surface area contributed by atoms with Crippen LogP contribution in [0.1, 0.15) is 35.2 Å². The molecule has 2 aromatic heterocycles. The Bertz CT molecular complexity index is 734. The van der Waals surface area contributed by atoms with E-state index in [9.17, 15) is 4.79 Å². The Morgan fingerprint density at radius 3 is 2.88 bits per heavy atom. The van der Waals surface area contributed by atoms with E-state index in [1.54, 1.807) is 18.5 Å². The molecule has 24 heavy (non-hydrogen) atoms. The highest BCUT2D eigenvalue weighted by Gasteiger charge is 2.17. The van der Waals surface area contributed by atoms with Gasteiger partial charge in [0.1, 0.15) is 11.0 Å². The largest absolute Gasteiger partial charge is 0.356 e. The van der Waals surface area contributed by atoms with E-state index in [1.807, 2.05) is 12.1 Å². The summed E-state index contributed by atoms with van der Waals surface area (Å²) in [6.07, 6.45) is 6.99. The summed E-state index contributed by atoms with van der Waals surface area (Å²) in [5.74, 6) is 0.707. The summed E-state index contributed by atoms with van der Waals surface area (Å²) in [5.41, 5.74) is 1.36. The molecule has 126 valence electrons. The molecule has 7 heteroatoms. The Labute approximate surface area is 154 Å². The lowest BCUT2D eigenvalue weighted by atomic mass is 10.1. The smallest absolute Gasteiger partial charge is 0.254 e. The maximum Gasteiger partial charge on any atom is 0.254 e. The van der Waals surface area contributed by atoms with Gasteiger partial charge < -0.3 is 10.2 Å². The number of piperidine rings is 1. The first-order valence-electron chi connectivity index (χ1n) is 7.93. The van der Waals surface area contributed by atoms with E-state index in [0.717, 1.165) is 24.5 Å². The molecule has 0 aromatic carbocycles. The van der Waals surface area contributed by atoms with Crippen molar-refractivity contribution in [3.05, 3.63) is 51.3 Å². The van der Waals surface area contributed by atoms with Gasteiger partial charge in [0.2, 0.25) is 0 Å². The first kappa shape index (κ1) is 17.2. The summed E-state index contributed by atoms with van der Waals surface area (Å²) < 4.78 is 0.715. The Morgan fingerprint density at radius 2 is 2.08 bits per heavy atom. The van der Waals surface area contributed by atoms with E-state index >= 15 is 0 Å². The summed E-state index contributed by atoms with van der Waals surface area (Å²) in [6.45, 7) is 2.43. The third-order valence-corrected chi connectivity index (χ3v) is 4.75. The summed E-state index contributed by atoms with van der Waals surface area (Å²) in [7, 11) is 0. The summed E-state index contributed by atoms with van der Waals surface area (Å²) in [4.78, 5) is 23.2. The topological polar surface area (TPSA) is 58.1 Å². The molecule has 3 heterocycles. The fourth-order valence-corrected chi connectivity index (χ4v) is 3.33. The number of nitrogens with zero attached hydrogens (tertiary/aromatic N) is 3. The van der Waals surface area contributed by atoms with Crippen molar-refractivity contribution in [1.29, 1.82) is 0 Å². The molecule has 1 aliphatic rings. The van der Waals surface area contributed by atoms with E-state index in [0.29, 0.717) is 16.6 Å². The van der Waals surface area contributed by atoms with Crippen LogP contribution >= 0.6 is 27.5 Å². The van der Waals surface area contributed by atoms with Crippen LogP contribution in [0.4, 0.5) is 5.82 Å². The monoisotopic (exact) mass is 408 g/mol. The maximum absolute atomic E-state index is 12.4. The van der Waals surface area contributed by atoms with E-state index in [2.05, 4.69) is 36.1 Å². The van der Waals surface area contributed by atoms with E-state index in [-0.39, 0.29) is 11.1 Å². The predicted octanol–water partition coefficient (Wildman–Crippen LogP) is 3.81. The second-order valence-electron chi connectivity index (χ2n) is 5.71. The van der Waals surface area contributed by atoms with Crippen molar-refractivity contribution < 1.29 is 4.79 Å². The van der Waals surface area contributed by atoms with Gasteiger partial charge in [-0.05, 0) is 47.3 Å². The number of nitrogens with one attached hydrogen (secondary N) is 1. The van der Waals surface area contributed by atoms with Crippen LogP contribution in [0.5, 0.6) is 0 Å². The van der Waals surface area contributed by atoms with Crippen molar-refractivity contribution in [2.24, 2.45) is 0 Å². The molecule has 0 atom stereocenters. The van der Waals surface area contributed by atoms with Crippen LogP contribution in [0.3, 0.4) is 0 Å². The van der Waals surface area contributed by atoms with Crippen LogP contribution in [0.2, 0.25) is 5.15 Å². The molecular weight excluding hydrogens is 392 g/mol. The molecule has 1 fully saturated rings. The predicted molar refractivity (Wildman–Crippen MR) is 98.4 cm³/mol. The van der Waals surface area contributed by atoms with E-state index in [1.165, 1.54) is 19.3 Å². The minimum atomic E-state index is -0.248.